The molecule has 0 aliphatic rings. The number of rotatable bonds is 10. The van der Waals surface area contributed by atoms with Crippen molar-refractivity contribution in [1.82, 2.24) is 0 Å². The molecule has 0 aliphatic carbocycles. The zero-order valence-corrected chi connectivity index (χ0v) is 10.5. The van der Waals surface area contributed by atoms with Crippen LogP contribution >= 0.6 is 0 Å². The van der Waals surface area contributed by atoms with Gasteiger partial charge in [0.1, 0.15) is 0 Å². The van der Waals surface area contributed by atoms with E-state index in [0.29, 0.717) is 0 Å². The topological polar surface area (TPSA) is 0 Å². The van der Waals surface area contributed by atoms with Gasteiger partial charge in [-0.2, -0.15) is 0 Å². The highest BCUT2D eigenvalue weighted by Crippen LogP contribution is 2.18. The van der Waals surface area contributed by atoms with Crippen LogP contribution in [-0.2, 0) is 0 Å². The lowest BCUT2D eigenvalue weighted by Crippen LogP contribution is -1.97. The van der Waals surface area contributed by atoms with Crippen LogP contribution in [0.4, 0.5) is 0 Å². The minimum absolute atomic E-state index is 0.899. The summed E-state index contributed by atoms with van der Waals surface area (Å²) in [5, 5.41) is 0. The molecule has 0 fully saturated rings. The normalized spacial score (nSPS) is 13.5. The Morgan fingerprint density at radius 3 is 2.40 bits per heavy atom. The van der Waals surface area contributed by atoms with Gasteiger partial charge in [-0.15, -0.1) is 0 Å². The molecule has 0 aliphatic heterocycles. The maximum atomic E-state index is 3.88. The van der Waals surface area contributed by atoms with Crippen molar-refractivity contribution in [2.45, 2.75) is 64.7 Å². The van der Waals surface area contributed by atoms with Crippen LogP contribution < -0.4 is 0 Å². The Kier molecular flexibility index (Phi) is 11.6. The number of hydrogen-bond donors (Lipinski definition) is 0. The summed E-state index contributed by atoms with van der Waals surface area (Å²) in [6, 6.07) is 0. The highest BCUT2D eigenvalue weighted by atomic mass is 14.1. The van der Waals surface area contributed by atoms with E-state index in [1.165, 1.54) is 38.5 Å². The molecule has 0 N–H and O–H groups in total. The smallest absolute Gasteiger partial charge is 0.0322 e. The molecule has 0 spiro atoms. The predicted octanol–water partition coefficient (Wildman–Crippen LogP) is 5.36. The van der Waals surface area contributed by atoms with Gasteiger partial charge in [0.25, 0.3) is 0 Å². The standard InChI is InChI=1S/C15H28/c1-4-7-9-11-13-15(6-3)14-12-10-8-5-2/h9,11,15H,1-2,4-8,10,12-14H2,3H3/b11-9+. The molecule has 0 nitrogen and oxygen atoms in total. The van der Waals surface area contributed by atoms with Gasteiger partial charge in [-0.3, -0.25) is 0 Å². The number of unbranched alkanes of at least 4 members (excludes halogenated alkanes) is 4. The first kappa shape index (κ1) is 14.7. The average molecular weight is 208 g/mol. The molecule has 0 bridgehead atoms. The van der Waals surface area contributed by atoms with Gasteiger partial charge in [-0.25, -0.2) is 0 Å². The summed E-state index contributed by atoms with van der Waals surface area (Å²) in [6.07, 6.45) is 15.9. The summed E-state index contributed by atoms with van der Waals surface area (Å²) >= 11 is 0. The van der Waals surface area contributed by atoms with Gasteiger partial charge in [0.05, 0.1) is 0 Å². The third-order valence-corrected chi connectivity index (χ3v) is 2.95. The molecule has 0 aromatic rings. The van der Waals surface area contributed by atoms with E-state index >= 15 is 0 Å². The molecule has 88 valence electrons. The van der Waals surface area contributed by atoms with E-state index in [4.69, 9.17) is 0 Å². The molecule has 0 heterocycles. The van der Waals surface area contributed by atoms with Crippen molar-refractivity contribution in [3.8, 4) is 0 Å². The van der Waals surface area contributed by atoms with Crippen molar-refractivity contribution in [1.29, 1.82) is 0 Å². The second-order valence-electron chi connectivity index (χ2n) is 4.33. The molecule has 0 aromatic heterocycles. The molecule has 1 atom stereocenters. The fourth-order valence-electron chi connectivity index (χ4n) is 1.80. The first-order valence-corrected chi connectivity index (χ1v) is 6.58. The average Bonchev–Trinajstić information content (AvgIpc) is 2.27. The Morgan fingerprint density at radius 1 is 1.00 bits per heavy atom. The Labute approximate surface area is 97.2 Å². The van der Waals surface area contributed by atoms with E-state index in [1.807, 2.05) is 0 Å². The van der Waals surface area contributed by atoms with Gasteiger partial charge >= 0.3 is 0 Å². The summed E-state index contributed by atoms with van der Waals surface area (Å²) in [7, 11) is 0. The van der Waals surface area contributed by atoms with Gasteiger partial charge in [0.15, 0.2) is 0 Å². The second-order valence-corrected chi connectivity index (χ2v) is 4.33. The van der Waals surface area contributed by atoms with E-state index < -0.39 is 0 Å². The van der Waals surface area contributed by atoms with Crippen molar-refractivity contribution < 1.29 is 0 Å². The lowest BCUT2D eigenvalue weighted by atomic mass is 9.95. The van der Waals surface area contributed by atoms with Crippen LogP contribution in [-0.4, -0.2) is 0 Å². The molecule has 2 radical (unpaired) electrons. The minimum atomic E-state index is 0.899. The molecule has 0 saturated heterocycles. The van der Waals surface area contributed by atoms with Gasteiger partial charge < -0.3 is 0 Å². The van der Waals surface area contributed by atoms with Gasteiger partial charge in [-0.1, -0.05) is 71.4 Å². The van der Waals surface area contributed by atoms with Crippen LogP contribution in [0.25, 0.3) is 0 Å². The molecule has 0 heteroatoms. The third-order valence-electron chi connectivity index (χ3n) is 2.95. The van der Waals surface area contributed by atoms with E-state index in [1.54, 1.807) is 0 Å². The van der Waals surface area contributed by atoms with Crippen molar-refractivity contribution in [2.24, 2.45) is 5.92 Å². The van der Waals surface area contributed by atoms with Crippen LogP contribution in [0.15, 0.2) is 12.2 Å². The summed E-state index contributed by atoms with van der Waals surface area (Å²) in [5.74, 6) is 0.899. The molecule has 15 heavy (non-hydrogen) atoms. The summed E-state index contributed by atoms with van der Waals surface area (Å²) in [4.78, 5) is 0. The van der Waals surface area contributed by atoms with Crippen LogP contribution in [0.5, 0.6) is 0 Å². The number of allylic oxidation sites excluding steroid dienone is 2. The Hall–Kier alpha value is -0.260. The van der Waals surface area contributed by atoms with Crippen LogP contribution in [0.3, 0.4) is 0 Å². The second kappa shape index (κ2) is 11.8. The molecule has 0 aromatic carbocycles. The Morgan fingerprint density at radius 2 is 1.80 bits per heavy atom. The zero-order valence-electron chi connectivity index (χ0n) is 10.5. The monoisotopic (exact) mass is 208 g/mol. The summed E-state index contributed by atoms with van der Waals surface area (Å²) < 4.78 is 0. The molecular formula is C15H28. The van der Waals surface area contributed by atoms with Crippen LogP contribution in [0.2, 0.25) is 0 Å². The third kappa shape index (κ3) is 10.0. The fraction of sp³-hybridized carbons (Fsp3) is 0.733. The van der Waals surface area contributed by atoms with E-state index in [2.05, 4.69) is 32.9 Å². The predicted molar refractivity (Wildman–Crippen MR) is 70.6 cm³/mol. The van der Waals surface area contributed by atoms with Gasteiger partial charge in [-0.05, 0) is 25.2 Å². The Bertz CT molecular complexity index is 135. The van der Waals surface area contributed by atoms with Crippen LogP contribution in [0.1, 0.15) is 64.7 Å². The van der Waals surface area contributed by atoms with Crippen molar-refractivity contribution in [3.63, 3.8) is 0 Å². The maximum absolute atomic E-state index is 3.88. The molecular weight excluding hydrogens is 180 g/mol. The minimum Gasteiger partial charge on any atom is -0.0885 e. The van der Waals surface area contributed by atoms with Crippen LogP contribution in [0, 0.1) is 19.8 Å². The molecule has 1 unspecified atom stereocenters. The van der Waals surface area contributed by atoms with Gasteiger partial charge in [0.2, 0.25) is 0 Å². The highest BCUT2D eigenvalue weighted by molar-refractivity contribution is 4.84. The lowest BCUT2D eigenvalue weighted by molar-refractivity contribution is 0.447. The zero-order chi connectivity index (χ0) is 11.4. The van der Waals surface area contributed by atoms with E-state index in [0.717, 1.165) is 25.2 Å². The number of hydrogen-bond acceptors (Lipinski definition) is 0. The SMILES string of the molecule is [CH2]CC/C=C/CC(CC)CCCCC[CH2]. The first-order valence-electron chi connectivity index (χ1n) is 6.58. The maximum Gasteiger partial charge on any atom is -0.0322 e. The summed E-state index contributed by atoms with van der Waals surface area (Å²) in [6.45, 7) is 10.0. The lowest BCUT2D eigenvalue weighted by Gasteiger charge is -2.11. The van der Waals surface area contributed by atoms with Gasteiger partial charge in [0, 0.05) is 0 Å². The van der Waals surface area contributed by atoms with Crippen molar-refractivity contribution in [3.05, 3.63) is 26.0 Å². The van der Waals surface area contributed by atoms with Crippen molar-refractivity contribution >= 4 is 0 Å². The van der Waals surface area contributed by atoms with Crippen molar-refractivity contribution in [2.75, 3.05) is 0 Å². The highest BCUT2D eigenvalue weighted by Gasteiger charge is 2.03. The van der Waals surface area contributed by atoms with E-state index in [-0.39, 0.29) is 0 Å². The molecule has 0 amide bonds. The fourth-order valence-corrected chi connectivity index (χ4v) is 1.80. The molecule has 0 rings (SSSR count). The Balaban J connectivity index is 3.45. The first-order chi connectivity index (χ1) is 7.35. The molecule has 0 saturated carbocycles. The largest absolute Gasteiger partial charge is 0.0885 e. The summed E-state index contributed by atoms with van der Waals surface area (Å²) in [5.41, 5.74) is 0. The van der Waals surface area contributed by atoms with E-state index in [9.17, 15) is 0 Å². The quantitative estimate of drug-likeness (QED) is 0.335.